The lowest BCUT2D eigenvalue weighted by atomic mass is 10.2. The van der Waals surface area contributed by atoms with Gasteiger partial charge in [0.05, 0.1) is 13.0 Å². The molecule has 0 atom stereocenters. The van der Waals surface area contributed by atoms with E-state index < -0.39 is 27.3 Å². The number of hydrogen-bond donors (Lipinski definition) is 0. The smallest absolute Gasteiger partial charge is 0.306 e. The van der Waals surface area contributed by atoms with E-state index >= 15 is 0 Å². The largest absolute Gasteiger partial charge is 0.466 e. The van der Waals surface area contributed by atoms with Gasteiger partial charge in [0.15, 0.2) is 9.84 Å². The minimum absolute atomic E-state index is 0.0497. The van der Waals surface area contributed by atoms with Gasteiger partial charge in [0.2, 0.25) is 0 Å². The predicted octanol–water partition coefficient (Wildman–Crippen LogP) is 0.333. The average molecular weight is 236 g/mol. The molecular formula is C9H16O5S. The monoisotopic (exact) mass is 236 g/mol. The first-order valence-corrected chi connectivity index (χ1v) is 6.61. The molecule has 0 saturated carbocycles. The zero-order valence-electron chi connectivity index (χ0n) is 8.99. The molecule has 0 aliphatic heterocycles. The maximum absolute atomic E-state index is 11.1. The molecule has 0 aliphatic carbocycles. The third kappa shape index (κ3) is 7.07. The first-order valence-electron chi connectivity index (χ1n) is 4.79. The highest BCUT2D eigenvalue weighted by Gasteiger charge is 2.15. The molecule has 0 aromatic rings. The molecule has 0 fully saturated rings. The van der Waals surface area contributed by atoms with Crippen LogP contribution in [0.2, 0.25) is 0 Å². The van der Waals surface area contributed by atoms with E-state index in [2.05, 4.69) is 4.74 Å². The third-order valence-corrected chi connectivity index (χ3v) is 3.38. The van der Waals surface area contributed by atoms with E-state index in [1.54, 1.807) is 6.92 Å². The predicted molar refractivity (Wildman–Crippen MR) is 55.2 cm³/mol. The SMILES string of the molecule is CCOC(=O)CCC(=O)CS(=O)(=O)CC. The number of carbonyl (C=O) groups is 2. The molecule has 0 aliphatic rings. The van der Waals surface area contributed by atoms with Crippen molar-refractivity contribution in [1.29, 1.82) is 0 Å². The van der Waals surface area contributed by atoms with Gasteiger partial charge >= 0.3 is 5.97 Å². The number of hydrogen-bond acceptors (Lipinski definition) is 5. The minimum Gasteiger partial charge on any atom is -0.466 e. The molecule has 0 bridgehead atoms. The summed E-state index contributed by atoms with van der Waals surface area (Å²) in [7, 11) is -3.28. The molecule has 0 aromatic carbocycles. The Hall–Kier alpha value is -0.910. The molecular weight excluding hydrogens is 220 g/mol. The van der Waals surface area contributed by atoms with E-state index in [0.717, 1.165) is 0 Å². The van der Waals surface area contributed by atoms with E-state index in [-0.39, 0.29) is 25.2 Å². The summed E-state index contributed by atoms with van der Waals surface area (Å²) in [6, 6.07) is 0. The molecule has 88 valence electrons. The van der Waals surface area contributed by atoms with Crippen molar-refractivity contribution >= 4 is 21.6 Å². The van der Waals surface area contributed by atoms with Crippen LogP contribution in [0.15, 0.2) is 0 Å². The molecule has 0 rings (SSSR count). The Morgan fingerprint density at radius 3 is 2.20 bits per heavy atom. The van der Waals surface area contributed by atoms with Crippen molar-refractivity contribution in [2.24, 2.45) is 0 Å². The van der Waals surface area contributed by atoms with Crippen LogP contribution in [0.3, 0.4) is 0 Å². The van der Waals surface area contributed by atoms with Gasteiger partial charge in [-0.05, 0) is 6.92 Å². The van der Waals surface area contributed by atoms with Crippen LogP contribution in [0.25, 0.3) is 0 Å². The number of sulfone groups is 1. The lowest BCUT2D eigenvalue weighted by Crippen LogP contribution is -2.18. The Morgan fingerprint density at radius 1 is 1.13 bits per heavy atom. The van der Waals surface area contributed by atoms with Gasteiger partial charge in [-0.1, -0.05) is 6.92 Å². The molecule has 0 aromatic heterocycles. The van der Waals surface area contributed by atoms with E-state index in [1.807, 2.05) is 0 Å². The number of carbonyl (C=O) groups excluding carboxylic acids is 2. The normalized spacial score (nSPS) is 11.1. The molecule has 0 spiro atoms. The van der Waals surface area contributed by atoms with Gasteiger partial charge in [-0.3, -0.25) is 9.59 Å². The van der Waals surface area contributed by atoms with E-state index in [0.29, 0.717) is 0 Å². The van der Waals surface area contributed by atoms with Gasteiger partial charge in [-0.25, -0.2) is 8.42 Å². The summed E-state index contributed by atoms with van der Waals surface area (Å²) in [5.41, 5.74) is 0. The highest BCUT2D eigenvalue weighted by atomic mass is 32.2. The first-order chi connectivity index (χ1) is 6.91. The quantitative estimate of drug-likeness (QED) is 0.595. The minimum atomic E-state index is -3.28. The fourth-order valence-electron chi connectivity index (χ4n) is 0.894. The van der Waals surface area contributed by atoms with Crippen molar-refractivity contribution in [2.45, 2.75) is 26.7 Å². The van der Waals surface area contributed by atoms with Crippen LogP contribution in [0, 0.1) is 0 Å². The topological polar surface area (TPSA) is 77.5 Å². The van der Waals surface area contributed by atoms with Crippen molar-refractivity contribution < 1.29 is 22.7 Å². The summed E-state index contributed by atoms with van der Waals surface area (Å²) in [5.74, 6) is -1.45. The van der Waals surface area contributed by atoms with Gasteiger partial charge in [0, 0.05) is 12.2 Å². The second-order valence-electron chi connectivity index (χ2n) is 3.02. The highest BCUT2D eigenvalue weighted by Crippen LogP contribution is 1.98. The lowest BCUT2D eigenvalue weighted by Gasteiger charge is -2.01. The molecule has 6 heteroatoms. The number of Topliss-reactive ketones (excluding diaryl/α,β-unsaturated/α-hetero) is 1. The van der Waals surface area contributed by atoms with Gasteiger partial charge in [0.1, 0.15) is 11.5 Å². The van der Waals surface area contributed by atoms with E-state index in [9.17, 15) is 18.0 Å². The Kier molecular flexibility index (Phi) is 6.15. The maximum Gasteiger partial charge on any atom is 0.306 e. The standard InChI is InChI=1S/C9H16O5S/c1-3-14-9(11)6-5-8(10)7-15(12,13)4-2/h3-7H2,1-2H3. The number of ketones is 1. The number of esters is 1. The van der Waals surface area contributed by atoms with Crippen molar-refractivity contribution in [3.63, 3.8) is 0 Å². The van der Waals surface area contributed by atoms with Crippen LogP contribution >= 0.6 is 0 Å². The van der Waals surface area contributed by atoms with Crippen LogP contribution < -0.4 is 0 Å². The van der Waals surface area contributed by atoms with E-state index in [1.165, 1.54) is 6.92 Å². The second kappa shape index (κ2) is 6.55. The van der Waals surface area contributed by atoms with Crippen LogP contribution in [-0.2, 0) is 24.2 Å². The second-order valence-corrected chi connectivity index (χ2v) is 5.37. The molecule has 0 heterocycles. The van der Waals surface area contributed by atoms with Crippen molar-refractivity contribution in [3.8, 4) is 0 Å². The number of ether oxygens (including phenoxy) is 1. The molecule has 0 saturated heterocycles. The fraction of sp³-hybridized carbons (Fsp3) is 0.778. The summed E-state index contributed by atoms with van der Waals surface area (Å²) >= 11 is 0. The summed E-state index contributed by atoms with van der Waals surface area (Å²) in [6.07, 6.45) is -0.121. The molecule has 0 N–H and O–H groups in total. The Balaban J connectivity index is 3.91. The van der Waals surface area contributed by atoms with Gasteiger partial charge in [-0.2, -0.15) is 0 Å². The molecule has 0 unspecified atom stereocenters. The molecule has 0 amide bonds. The summed E-state index contributed by atoms with van der Waals surface area (Å²) in [4.78, 5) is 22.0. The summed E-state index contributed by atoms with van der Waals surface area (Å²) in [5, 5.41) is 0. The molecule has 0 radical (unpaired) electrons. The molecule has 15 heavy (non-hydrogen) atoms. The fourth-order valence-corrected chi connectivity index (χ4v) is 1.73. The molecule has 5 nitrogen and oxygen atoms in total. The average Bonchev–Trinajstić information content (AvgIpc) is 2.15. The van der Waals surface area contributed by atoms with Crippen molar-refractivity contribution in [2.75, 3.05) is 18.1 Å². The van der Waals surface area contributed by atoms with Crippen LogP contribution in [-0.4, -0.2) is 38.3 Å². The lowest BCUT2D eigenvalue weighted by molar-refractivity contribution is -0.144. The van der Waals surface area contributed by atoms with Crippen LogP contribution in [0.5, 0.6) is 0 Å². The highest BCUT2D eigenvalue weighted by molar-refractivity contribution is 7.92. The van der Waals surface area contributed by atoms with Gasteiger partial charge in [-0.15, -0.1) is 0 Å². The first kappa shape index (κ1) is 14.1. The van der Waals surface area contributed by atoms with Crippen molar-refractivity contribution in [1.82, 2.24) is 0 Å². The third-order valence-electron chi connectivity index (χ3n) is 1.73. The number of rotatable bonds is 7. The zero-order chi connectivity index (χ0) is 11.9. The zero-order valence-corrected chi connectivity index (χ0v) is 9.80. The van der Waals surface area contributed by atoms with Crippen LogP contribution in [0.4, 0.5) is 0 Å². The summed E-state index contributed by atoms with van der Waals surface area (Å²) in [6.45, 7) is 3.41. The van der Waals surface area contributed by atoms with E-state index in [4.69, 9.17) is 0 Å². The Labute approximate surface area is 89.7 Å². The van der Waals surface area contributed by atoms with Gasteiger partial charge < -0.3 is 4.74 Å². The van der Waals surface area contributed by atoms with Crippen molar-refractivity contribution in [3.05, 3.63) is 0 Å². The Bertz CT molecular complexity index is 317. The van der Waals surface area contributed by atoms with Crippen LogP contribution in [0.1, 0.15) is 26.7 Å². The summed E-state index contributed by atoms with van der Waals surface area (Å²) < 4.78 is 26.7. The van der Waals surface area contributed by atoms with Gasteiger partial charge in [0.25, 0.3) is 0 Å². The maximum atomic E-state index is 11.1. The Morgan fingerprint density at radius 2 is 1.73 bits per heavy atom.